The summed E-state index contributed by atoms with van der Waals surface area (Å²) in [4.78, 5) is 0. The quantitative estimate of drug-likeness (QED) is 0.546. The van der Waals surface area contributed by atoms with Gasteiger partial charge in [0.2, 0.25) is 0 Å². The first-order valence-corrected chi connectivity index (χ1v) is 2.53. The predicted molar refractivity (Wildman–Crippen MR) is 26.0 cm³/mol. The van der Waals surface area contributed by atoms with Crippen molar-refractivity contribution in [3.63, 3.8) is 0 Å². The first kappa shape index (κ1) is 5.56. The highest BCUT2D eigenvalue weighted by Gasteiger charge is 1.98. The van der Waals surface area contributed by atoms with Crippen molar-refractivity contribution in [2.45, 2.75) is 5.88 Å². The van der Waals surface area contributed by atoms with Gasteiger partial charge in [0.1, 0.15) is 0 Å². The number of hydrogen-bond donors (Lipinski definition) is 0. The van der Waals surface area contributed by atoms with Crippen LogP contribution in [0.2, 0.25) is 0 Å². The predicted octanol–water partition coefficient (Wildman–Crippen LogP) is 1.55. The first-order chi connectivity index (χ1) is 3.83. The third kappa shape index (κ3) is 0.980. The van der Waals surface area contributed by atoms with Gasteiger partial charge < -0.3 is 4.52 Å². The van der Waals surface area contributed by atoms with Crippen LogP contribution in [0.1, 0.15) is 5.76 Å². The molecule has 0 atom stereocenters. The summed E-state index contributed by atoms with van der Waals surface area (Å²) in [5.41, 5.74) is 0. The Morgan fingerprint density at radius 3 is 2.88 bits per heavy atom. The minimum Gasteiger partial charge on any atom is -0.357 e. The lowest BCUT2D eigenvalue weighted by Crippen LogP contribution is -1.64. The second-order valence-corrected chi connectivity index (χ2v) is 1.52. The maximum atomic E-state index is 11.9. The van der Waals surface area contributed by atoms with Crippen molar-refractivity contribution in [2.24, 2.45) is 0 Å². The first-order valence-electron chi connectivity index (χ1n) is 2.00. The average Bonchev–Trinajstić information content (AvgIpc) is 2.14. The van der Waals surface area contributed by atoms with Crippen molar-refractivity contribution >= 4 is 11.6 Å². The summed E-state index contributed by atoms with van der Waals surface area (Å²) in [5, 5.41) is 2.96. The summed E-state index contributed by atoms with van der Waals surface area (Å²) in [6.07, 6.45) is 0. The largest absolute Gasteiger partial charge is 0.357 e. The third-order valence-corrected chi connectivity index (χ3v) is 0.925. The second-order valence-electron chi connectivity index (χ2n) is 1.25. The number of hydrogen-bond acceptors (Lipinski definition) is 2. The van der Waals surface area contributed by atoms with Crippen molar-refractivity contribution in [2.75, 3.05) is 0 Å². The lowest BCUT2D eigenvalue weighted by atomic mass is 10.5. The summed E-state index contributed by atoms with van der Waals surface area (Å²) in [5.74, 6) is -0.110. The Morgan fingerprint density at radius 1 is 1.88 bits per heavy atom. The Labute approximate surface area is 50.2 Å². The molecule has 1 heterocycles. The van der Waals surface area contributed by atoms with Crippen molar-refractivity contribution in [3.8, 4) is 0 Å². The Hall–Kier alpha value is -0.570. The highest BCUT2D eigenvalue weighted by Crippen LogP contribution is 2.03. The van der Waals surface area contributed by atoms with Crippen LogP contribution in [0.4, 0.5) is 4.39 Å². The van der Waals surface area contributed by atoms with E-state index in [9.17, 15) is 4.39 Å². The molecule has 0 aliphatic carbocycles. The maximum Gasteiger partial charge on any atom is 0.253 e. The van der Waals surface area contributed by atoms with E-state index in [1.165, 1.54) is 0 Å². The van der Waals surface area contributed by atoms with Crippen LogP contribution >= 0.6 is 11.6 Å². The van der Waals surface area contributed by atoms with Crippen LogP contribution in [-0.4, -0.2) is 5.16 Å². The Morgan fingerprint density at radius 2 is 2.62 bits per heavy atom. The highest BCUT2D eigenvalue weighted by atomic mass is 35.5. The van der Waals surface area contributed by atoms with Crippen molar-refractivity contribution < 1.29 is 8.91 Å². The number of halogens is 2. The molecule has 8 heavy (non-hydrogen) atoms. The molecule has 4 heteroatoms. The zero-order chi connectivity index (χ0) is 5.98. The Bertz CT molecular complexity index is 176. The van der Waals surface area contributed by atoms with Crippen LogP contribution in [0.5, 0.6) is 0 Å². The van der Waals surface area contributed by atoms with Gasteiger partial charge in [-0.25, -0.2) is 0 Å². The Balaban J connectivity index is 2.84. The molecule has 0 aliphatic rings. The molecule has 0 saturated heterocycles. The number of alkyl halides is 1. The third-order valence-electron chi connectivity index (χ3n) is 0.662. The number of aromatic nitrogens is 1. The van der Waals surface area contributed by atoms with Gasteiger partial charge >= 0.3 is 0 Å². The minimum absolute atomic E-state index is 0.164. The molecule has 0 radical (unpaired) electrons. The van der Waals surface area contributed by atoms with Crippen LogP contribution in [0.15, 0.2) is 10.6 Å². The molecule has 44 valence electrons. The molecule has 1 rings (SSSR count). The van der Waals surface area contributed by atoms with E-state index in [4.69, 9.17) is 11.6 Å². The molecule has 0 aromatic carbocycles. The molecule has 0 aliphatic heterocycles. The van der Waals surface area contributed by atoms with Gasteiger partial charge in [0.25, 0.3) is 5.95 Å². The molecule has 1 aromatic heterocycles. The van der Waals surface area contributed by atoms with E-state index in [0.29, 0.717) is 5.76 Å². The summed E-state index contributed by atoms with van der Waals surface area (Å²) in [6.45, 7) is 0. The normalized spacial score (nSPS) is 9.75. The van der Waals surface area contributed by atoms with Gasteiger partial charge in [-0.1, -0.05) is 0 Å². The standard InChI is InChI=1S/C4H3ClFNO/c5-2-3-1-4(6)7-8-3/h1H,2H2. The van der Waals surface area contributed by atoms with Gasteiger partial charge in [-0.2, -0.15) is 4.39 Å². The molecular weight excluding hydrogens is 133 g/mol. The lowest BCUT2D eigenvalue weighted by Gasteiger charge is -1.74. The minimum atomic E-state index is -0.624. The highest BCUT2D eigenvalue weighted by molar-refractivity contribution is 6.16. The van der Waals surface area contributed by atoms with E-state index >= 15 is 0 Å². The van der Waals surface area contributed by atoms with Gasteiger partial charge in [-0.3, -0.25) is 0 Å². The van der Waals surface area contributed by atoms with Gasteiger partial charge in [0.15, 0.2) is 5.76 Å². The summed E-state index contributed by atoms with van der Waals surface area (Å²) in [7, 11) is 0. The topological polar surface area (TPSA) is 26.0 Å². The SMILES string of the molecule is Fc1cc(CCl)on1. The average molecular weight is 136 g/mol. The summed E-state index contributed by atoms with van der Waals surface area (Å²) < 4.78 is 16.2. The van der Waals surface area contributed by atoms with E-state index in [1.54, 1.807) is 0 Å². The number of rotatable bonds is 1. The van der Waals surface area contributed by atoms with E-state index in [0.717, 1.165) is 6.07 Å². The molecule has 0 N–H and O–H groups in total. The molecule has 0 spiro atoms. The lowest BCUT2D eigenvalue weighted by molar-refractivity contribution is 0.358. The van der Waals surface area contributed by atoms with Gasteiger partial charge in [0.05, 0.1) is 5.88 Å². The smallest absolute Gasteiger partial charge is 0.253 e. The van der Waals surface area contributed by atoms with Gasteiger partial charge in [0, 0.05) is 6.07 Å². The van der Waals surface area contributed by atoms with E-state index in [1.807, 2.05) is 0 Å². The second kappa shape index (κ2) is 2.13. The van der Waals surface area contributed by atoms with Crippen molar-refractivity contribution in [1.29, 1.82) is 0 Å². The van der Waals surface area contributed by atoms with Crippen molar-refractivity contribution in [3.05, 3.63) is 17.8 Å². The molecule has 0 fully saturated rings. The van der Waals surface area contributed by atoms with Crippen LogP contribution < -0.4 is 0 Å². The monoisotopic (exact) mass is 135 g/mol. The molecule has 0 saturated carbocycles. The zero-order valence-electron chi connectivity index (χ0n) is 3.90. The molecule has 2 nitrogen and oxygen atoms in total. The fourth-order valence-electron chi connectivity index (χ4n) is 0.351. The van der Waals surface area contributed by atoms with Crippen LogP contribution in [0.25, 0.3) is 0 Å². The van der Waals surface area contributed by atoms with Crippen molar-refractivity contribution in [1.82, 2.24) is 5.16 Å². The summed E-state index contributed by atoms with van der Waals surface area (Å²) in [6, 6.07) is 1.15. The molecule has 0 unspecified atom stereocenters. The Kier molecular flexibility index (Phi) is 1.48. The van der Waals surface area contributed by atoms with Gasteiger partial charge in [-0.15, -0.1) is 11.6 Å². The maximum absolute atomic E-state index is 11.9. The fraction of sp³-hybridized carbons (Fsp3) is 0.250. The summed E-state index contributed by atoms with van der Waals surface area (Å²) >= 11 is 5.24. The molecular formula is C4H3ClFNO. The van der Waals surface area contributed by atoms with Gasteiger partial charge in [-0.05, 0) is 5.16 Å². The molecule has 0 amide bonds. The number of nitrogens with zero attached hydrogens (tertiary/aromatic N) is 1. The van der Waals surface area contributed by atoms with E-state index < -0.39 is 5.95 Å². The molecule has 1 aromatic rings. The van der Waals surface area contributed by atoms with Crippen LogP contribution in [0.3, 0.4) is 0 Å². The molecule has 0 bridgehead atoms. The zero-order valence-corrected chi connectivity index (χ0v) is 4.65. The van der Waals surface area contributed by atoms with E-state index in [-0.39, 0.29) is 5.88 Å². The fourth-order valence-corrected chi connectivity index (χ4v) is 0.477. The van der Waals surface area contributed by atoms with Crippen LogP contribution in [-0.2, 0) is 5.88 Å². The van der Waals surface area contributed by atoms with Crippen LogP contribution in [0, 0.1) is 5.95 Å². The van der Waals surface area contributed by atoms with E-state index in [2.05, 4.69) is 9.68 Å².